The lowest BCUT2D eigenvalue weighted by atomic mass is 10.0. The van der Waals surface area contributed by atoms with Gasteiger partial charge in [0.1, 0.15) is 17.4 Å². The average Bonchev–Trinajstić information content (AvgIpc) is 2.77. The van der Waals surface area contributed by atoms with Gasteiger partial charge in [-0.2, -0.15) is 0 Å². The molecule has 0 radical (unpaired) electrons. The van der Waals surface area contributed by atoms with Crippen molar-refractivity contribution in [1.82, 2.24) is 5.32 Å². The molecule has 1 N–H and O–H groups in total. The second kappa shape index (κ2) is 13.1. The van der Waals surface area contributed by atoms with E-state index in [-0.39, 0.29) is 23.7 Å². The molecule has 0 spiro atoms. The highest BCUT2D eigenvalue weighted by molar-refractivity contribution is 5.97. The van der Waals surface area contributed by atoms with E-state index in [9.17, 15) is 19.2 Å². The molecule has 1 amide bonds. The highest BCUT2D eigenvalue weighted by atomic mass is 16.6. The lowest BCUT2D eigenvalue weighted by molar-refractivity contribution is -0.155. The zero-order chi connectivity index (χ0) is 26.7. The van der Waals surface area contributed by atoms with Gasteiger partial charge in [-0.05, 0) is 50.8 Å². The number of carbonyl (C=O) groups excluding carboxylic acids is 4. The van der Waals surface area contributed by atoms with Gasteiger partial charge in [0.15, 0.2) is 0 Å². The van der Waals surface area contributed by atoms with E-state index in [1.807, 2.05) is 19.9 Å². The molecular formula is C28H31NO7. The number of alkyl carbamates (subject to hydrolysis) is 1. The number of amides is 1. The van der Waals surface area contributed by atoms with E-state index in [0.717, 1.165) is 0 Å². The molecule has 0 saturated carbocycles. The first-order valence-corrected chi connectivity index (χ1v) is 11.5. The van der Waals surface area contributed by atoms with E-state index >= 15 is 0 Å². The standard InChI is InChI=1S/C28H31NO7/c1-19(2)17-22(29-27(33)36-28(3,4)5)26(32)34-23-14-10-9-13-21(23)15-16-24(30)35-25(31)18-20-11-7-6-8-12-20/h6-14,19,22H,17-18H2,1-5H3,(H,29,33)/t22-/m1/s1. The van der Waals surface area contributed by atoms with Crippen LogP contribution in [0.5, 0.6) is 5.75 Å². The molecule has 2 aromatic carbocycles. The molecule has 0 aromatic heterocycles. The summed E-state index contributed by atoms with van der Waals surface area (Å²) in [6, 6.07) is 14.2. The van der Waals surface area contributed by atoms with Crippen LogP contribution in [0.15, 0.2) is 54.6 Å². The summed E-state index contributed by atoms with van der Waals surface area (Å²) >= 11 is 0. The van der Waals surface area contributed by atoms with Crippen LogP contribution in [-0.4, -0.2) is 35.6 Å². The van der Waals surface area contributed by atoms with Gasteiger partial charge >= 0.3 is 24.0 Å². The van der Waals surface area contributed by atoms with Crippen molar-refractivity contribution in [2.45, 2.75) is 59.1 Å². The summed E-state index contributed by atoms with van der Waals surface area (Å²) in [6.45, 7) is 8.97. The Bertz CT molecular complexity index is 1140. The topological polar surface area (TPSA) is 108 Å². The molecule has 8 nitrogen and oxygen atoms in total. The molecule has 8 heteroatoms. The summed E-state index contributed by atoms with van der Waals surface area (Å²) in [5.74, 6) is 2.52. The largest absolute Gasteiger partial charge is 0.444 e. The van der Waals surface area contributed by atoms with E-state index in [2.05, 4.69) is 17.2 Å². The van der Waals surface area contributed by atoms with Gasteiger partial charge in [0.05, 0.1) is 12.0 Å². The summed E-state index contributed by atoms with van der Waals surface area (Å²) in [7, 11) is 0. The normalized spacial score (nSPS) is 11.5. The Morgan fingerprint density at radius 2 is 1.58 bits per heavy atom. The lowest BCUT2D eigenvalue weighted by Crippen LogP contribution is -2.45. The Balaban J connectivity index is 2.08. The summed E-state index contributed by atoms with van der Waals surface area (Å²) in [4.78, 5) is 49.1. The molecule has 36 heavy (non-hydrogen) atoms. The van der Waals surface area contributed by atoms with E-state index in [0.29, 0.717) is 12.0 Å². The molecule has 0 saturated heterocycles. The van der Waals surface area contributed by atoms with Crippen molar-refractivity contribution in [3.8, 4) is 17.6 Å². The molecule has 2 rings (SSSR count). The quantitative estimate of drug-likeness (QED) is 0.267. The molecule has 0 aliphatic rings. The number of ether oxygens (including phenoxy) is 3. The molecule has 2 aromatic rings. The van der Waals surface area contributed by atoms with Gasteiger partial charge in [0.25, 0.3) is 0 Å². The van der Waals surface area contributed by atoms with Crippen molar-refractivity contribution in [2.24, 2.45) is 5.92 Å². The zero-order valence-corrected chi connectivity index (χ0v) is 21.1. The van der Waals surface area contributed by atoms with Crippen LogP contribution in [0.1, 0.15) is 52.2 Å². The fourth-order valence-electron chi connectivity index (χ4n) is 3.02. The fourth-order valence-corrected chi connectivity index (χ4v) is 3.02. The Kier molecular flexibility index (Phi) is 10.2. The summed E-state index contributed by atoms with van der Waals surface area (Å²) in [5.41, 5.74) is 0.214. The second-order valence-electron chi connectivity index (χ2n) is 9.42. The maximum absolute atomic E-state index is 12.9. The number of esters is 3. The van der Waals surface area contributed by atoms with Gasteiger partial charge in [0, 0.05) is 5.92 Å². The highest BCUT2D eigenvalue weighted by Gasteiger charge is 2.27. The predicted molar refractivity (Wildman–Crippen MR) is 133 cm³/mol. The first kappa shape index (κ1) is 28.1. The van der Waals surface area contributed by atoms with E-state index in [1.165, 1.54) is 6.07 Å². The minimum absolute atomic E-state index is 0.0651. The Labute approximate surface area is 211 Å². The van der Waals surface area contributed by atoms with Crippen LogP contribution in [0.2, 0.25) is 0 Å². The Morgan fingerprint density at radius 1 is 0.944 bits per heavy atom. The number of hydrogen-bond donors (Lipinski definition) is 1. The Hall–Kier alpha value is -4.12. The van der Waals surface area contributed by atoms with Crippen molar-refractivity contribution >= 4 is 24.0 Å². The number of carbonyl (C=O) groups is 4. The summed E-state index contributed by atoms with van der Waals surface area (Å²) in [5, 5.41) is 2.55. The molecule has 0 heterocycles. The number of benzene rings is 2. The fraction of sp³-hybridized carbons (Fsp3) is 0.357. The van der Waals surface area contributed by atoms with Gasteiger partial charge < -0.3 is 19.5 Å². The molecule has 1 atom stereocenters. The molecule has 190 valence electrons. The molecule has 0 unspecified atom stereocenters. The maximum atomic E-state index is 12.9. The first-order chi connectivity index (χ1) is 16.9. The third-order valence-electron chi connectivity index (χ3n) is 4.48. The minimum atomic E-state index is -1.03. The monoisotopic (exact) mass is 493 g/mol. The predicted octanol–water partition coefficient (Wildman–Crippen LogP) is 4.20. The number of para-hydroxylation sites is 1. The van der Waals surface area contributed by atoms with Gasteiger partial charge in [-0.25, -0.2) is 14.4 Å². The number of rotatable bonds is 7. The van der Waals surface area contributed by atoms with Crippen LogP contribution in [0, 0.1) is 17.8 Å². The first-order valence-electron chi connectivity index (χ1n) is 11.5. The van der Waals surface area contributed by atoms with E-state index in [1.54, 1.807) is 63.2 Å². The van der Waals surface area contributed by atoms with Crippen LogP contribution < -0.4 is 10.1 Å². The number of nitrogens with one attached hydrogen (secondary N) is 1. The van der Waals surface area contributed by atoms with Gasteiger partial charge in [-0.1, -0.05) is 62.2 Å². The second-order valence-corrected chi connectivity index (χ2v) is 9.42. The Morgan fingerprint density at radius 3 is 2.22 bits per heavy atom. The average molecular weight is 494 g/mol. The van der Waals surface area contributed by atoms with Crippen LogP contribution in [0.4, 0.5) is 4.79 Å². The van der Waals surface area contributed by atoms with Crippen molar-refractivity contribution in [1.29, 1.82) is 0 Å². The molecule has 0 aliphatic carbocycles. The van der Waals surface area contributed by atoms with Crippen molar-refractivity contribution in [3.63, 3.8) is 0 Å². The van der Waals surface area contributed by atoms with Gasteiger partial charge in [-0.15, -0.1) is 0 Å². The molecular weight excluding hydrogens is 462 g/mol. The molecule has 0 fully saturated rings. The highest BCUT2D eigenvalue weighted by Crippen LogP contribution is 2.19. The summed E-state index contributed by atoms with van der Waals surface area (Å²) < 4.78 is 15.5. The lowest BCUT2D eigenvalue weighted by Gasteiger charge is -2.23. The van der Waals surface area contributed by atoms with E-state index < -0.39 is 35.6 Å². The van der Waals surface area contributed by atoms with Crippen LogP contribution in [-0.2, 0) is 30.3 Å². The van der Waals surface area contributed by atoms with Crippen LogP contribution >= 0.6 is 0 Å². The molecule has 0 bridgehead atoms. The smallest absolute Gasteiger partial charge is 0.408 e. The van der Waals surface area contributed by atoms with Crippen molar-refractivity contribution in [3.05, 3.63) is 65.7 Å². The molecule has 0 aliphatic heterocycles. The van der Waals surface area contributed by atoms with Gasteiger partial charge in [-0.3, -0.25) is 4.79 Å². The SMILES string of the molecule is CC(C)C[C@@H](NC(=O)OC(C)(C)C)C(=O)Oc1ccccc1C#CC(=O)OC(=O)Cc1ccccc1. The van der Waals surface area contributed by atoms with E-state index in [4.69, 9.17) is 14.2 Å². The van der Waals surface area contributed by atoms with Crippen molar-refractivity contribution < 1.29 is 33.4 Å². The maximum Gasteiger partial charge on any atom is 0.408 e. The van der Waals surface area contributed by atoms with Crippen LogP contribution in [0.25, 0.3) is 0 Å². The third-order valence-corrected chi connectivity index (χ3v) is 4.48. The third kappa shape index (κ3) is 10.4. The summed E-state index contributed by atoms with van der Waals surface area (Å²) in [6.07, 6.45) is -0.479. The van der Waals surface area contributed by atoms with Gasteiger partial charge in [0.2, 0.25) is 0 Å². The van der Waals surface area contributed by atoms with Crippen LogP contribution in [0.3, 0.4) is 0 Å². The number of hydrogen-bond acceptors (Lipinski definition) is 7. The van der Waals surface area contributed by atoms with Crippen molar-refractivity contribution in [2.75, 3.05) is 0 Å². The minimum Gasteiger partial charge on any atom is -0.444 e. The zero-order valence-electron chi connectivity index (χ0n) is 21.1.